The van der Waals surface area contributed by atoms with E-state index in [1.165, 1.54) is 0 Å². The van der Waals surface area contributed by atoms with E-state index < -0.39 is 0 Å². The SMILES string of the molecule is O=CCC(COCc1ccccc1)COCc1ccccc1. The molecule has 0 aliphatic carbocycles. The first kappa shape index (κ1) is 16.4. The van der Waals surface area contributed by atoms with Gasteiger partial charge in [-0.05, 0) is 11.1 Å². The number of aldehydes is 1. The molecule has 0 atom stereocenters. The van der Waals surface area contributed by atoms with Crippen LogP contribution in [0.25, 0.3) is 0 Å². The Bertz CT molecular complexity index is 479. The Labute approximate surface area is 131 Å². The van der Waals surface area contributed by atoms with Crippen LogP contribution in [0.4, 0.5) is 0 Å². The molecule has 0 N–H and O–H groups in total. The number of rotatable bonds is 10. The summed E-state index contributed by atoms with van der Waals surface area (Å²) in [5.74, 6) is 0.102. The van der Waals surface area contributed by atoms with Gasteiger partial charge < -0.3 is 14.3 Å². The second-order valence-electron chi connectivity index (χ2n) is 5.27. The summed E-state index contributed by atoms with van der Waals surface area (Å²) in [6, 6.07) is 20.0. The van der Waals surface area contributed by atoms with Gasteiger partial charge in [-0.15, -0.1) is 0 Å². The molecule has 116 valence electrons. The predicted octanol–water partition coefficient (Wildman–Crippen LogP) is 3.63. The zero-order valence-electron chi connectivity index (χ0n) is 12.7. The van der Waals surface area contributed by atoms with Crippen LogP contribution in [0.1, 0.15) is 17.5 Å². The molecule has 0 saturated heterocycles. The van der Waals surface area contributed by atoms with E-state index in [0.29, 0.717) is 32.8 Å². The van der Waals surface area contributed by atoms with Crippen molar-refractivity contribution in [1.82, 2.24) is 0 Å². The number of carbonyl (C=O) groups excluding carboxylic acids is 1. The van der Waals surface area contributed by atoms with Gasteiger partial charge in [0.05, 0.1) is 26.4 Å². The van der Waals surface area contributed by atoms with Crippen LogP contribution in [0.3, 0.4) is 0 Å². The Balaban J connectivity index is 1.69. The van der Waals surface area contributed by atoms with Gasteiger partial charge in [0, 0.05) is 12.3 Å². The molecule has 0 aliphatic heterocycles. The summed E-state index contributed by atoms with van der Waals surface area (Å²) in [6.07, 6.45) is 1.39. The molecule has 3 heteroatoms. The Morgan fingerprint density at radius 3 is 1.64 bits per heavy atom. The summed E-state index contributed by atoms with van der Waals surface area (Å²) in [6.45, 7) is 2.19. The van der Waals surface area contributed by atoms with E-state index in [2.05, 4.69) is 0 Å². The van der Waals surface area contributed by atoms with Crippen molar-refractivity contribution in [3.8, 4) is 0 Å². The minimum absolute atomic E-state index is 0.102. The lowest BCUT2D eigenvalue weighted by molar-refractivity contribution is -0.109. The minimum atomic E-state index is 0.102. The van der Waals surface area contributed by atoms with Gasteiger partial charge in [0.1, 0.15) is 6.29 Å². The summed E-state index contributed by atoms with van der Waals surface area (Å²) in [5.41, 5.74) is 2.27. The lowest BCUT2D eigenvalue weighted by Gasteiger charge is -2.15. The van der Waals surface area contributed by atoms with Gasteiger partial charge in [0.2, 0.25) is 0 Å². The zero-order valence-corrected chi connectivity index (χ0v) is 12.7. The molecule has 2 aromatic carbocycles. The number of hydrogen-bond acceptors (Lipinski definition) is 3. The second-order valence-corrected chi connectivity index (χ2v) is 5.27. The summed E-state index contributed by atoms with van der Waals surface area (Å²) < 4.78 is 11.4. The molecule has 0 bridgehead atoms. The number of carbonyl (C=O) groups is 1. The van der Waals surface area contributed by atoms with E-state index in [4.69, 9.17) is 9.47 Å². The molecule has 3 nitrogen and oxygen atoms in total. The van der Waals surface area contributed by atoms with Crippen molar-refractivity contribution in [3.05, 3.63) is 71.8 Å². The monoisotopic (exact) mass is 298 g/mol. The first-order chi connectivity index (χ1) is 10.9. The summed E-state index contributed by atoms with van der Waals surface area (Å²) in [5, 5.41) is 0. The minimum Gasteiger partial charge on any atom is -0.376 e. The summed E-state index contributed by atoms with van der Waals surface area (Å²) in [7, 11) is 0. The van der Waals surface area contributed by atoms with E-state index in [1.807, 2.05) is 60.7 Å². The lowest BCUT2D eigenvalue weighted by atomic mass is 10.1. The van der Waals surface area contributed by atoms with E-state index >= 15 is 0 Å². The fraction of sp³-hybridized carbons (Fsp3) is 0.316. The highest BCUT2D eigenvalue weighted by molar-refractivity contribution is 5.49. The average molecular weight is 298 g/mol. The highest BCUT2D eigenvalue weighted by Gasteiger charge is 2.09. The van der Waals surface area contributed by atoms with Crippen LogP contribution in [-0.4, -0.2) is 19.5 Å². The van der Waals surface area contributed by atoms with Crippen molar-refractivity contribution in [2.24, 2.45) is 5.92 Å². The first-order valence-corrected chi connectivity index (χ1v) is 7.55. The third-order valence-corrected chi connectivity index (χ3v) is 3.36. The maximum absolute atomic E-state index is 10.8. The third-order valence-electron chi connectivity index (χ3n) is 3.36. The van der Waals surface area contributed by atoms with Gasteiger partial charge in [0.15, 0.2) is 0 Å². The van der Waals surface area contributed by atoms with Crippen LogP contribution in [0.5, 0.6) is 0 Å². The topological polar surface area (TPSA) is 35.5 Å². The number of hydrogen-bond donors (Lipinski definition) is 0. The molecule has 0 spiro atoms. The molecule has 2 aromatic rings. The normalized spacial score (nSPS) is 10.8. The Hall–Kier alpha value is -1.97. The predicted molar refractivity (Wildman–Crippen MR) is 86.4 cm³/mol. The van der Waals surface area contributed by atoms with Gasteiger partial charge in [-0.2, -0.15) is 0 Å². The Morgan fingerprint density at radius 2 is 1.23 bits per heavy atom. The molecular weight excluding hydrogens is 276 g/mol. The highest BCUT2D eigenvalue weighted by atomic mass is 16.5. The third kappa shape index (κ3) is 6.20. The van der Waals surface area contributed by atoms with E-state index in [9.17, 15) is 4.79 Å². The molecule has 0 amide bonds. The van der Waals surface area contributed by atoms with Crippen molar-refractivity contribution < 1.29 is 14.3 Å². The molecule has 0 saturated carbocycles. The van der Waals surface area contributed by atoms with E-state index in [1.54, 1.807) is 0 Å². The van der Waals surface area contributed by atoms with E-state index in [0.717, 1.165) is 17.4 Å². The average Bonchev–Trinajstić information content (AvgIpc) is 2.57. The largest absolute Gasteiger partial charge is 0.376 e. The lowest BCUT2D eigenvalue weighted by Crippen LogP contribution is -2.17. The molecule has 0 radical (unpaired) electrons. The van der Waals surface area contributed by atoms with Crippen molar-refractivity contribution in [2.75, 3.05) is 13.2 Å². The van der Waals surface area contributed by atoms with Gasteiger partial charge in [-0.25, -0.2) is 0 Å². The maximum atomic E-state index is 10.8. The standard InChI is InChI=1S/C19H22O3/c20-12-11-19(15-21-13-17-7-3-1-4-8-17)16-22-14-18-9-5-2-6-10-18/h1-10,12,19H,11,13-16H2. The molecule has 0 unspecified atom stereocenters. The second kappa shape index (κ2) is 9.87. The summed E-state index contributed by atoms with van der Waals surface area (Å²) >= 11 is 0. The fourth-order valence-electron chi connectivity index (χ4n) is 2.16. The molecule has 0 aromatic heterocycles. The van der Waals surface area contributed by atoms with Gasteiger partial charge in [0.25, 0.3) is 0 Å². The van der Waals surface area contributed by atoms with Crippen LogP contribution < -0.4 is 0 Å². The Kier molecular flexibility index (Phi) is 7.36. The highest BCUT2D eigenvalue weighted by Crippen LogP contribution is 2.08. The molecule has 0 fully saturated rings. The van der Waals surface area contributed by atoms with Gasteiger partial charge in [-0.3, -0.25) is 0 Å². The van der Waals surface area contributed by atoms with Crippen molar-refractivity contribution >= 4 is 6.29 Å². The number of benzene rings is 2. The number of ether oxygens (including phenoxy) is 2. The molecule has 22 heavy (non-hydrogen) atoms. The van der Waals surface area contributed by atoms with Crippen LogP contribution in [0.2, 0.25) is 0 Å². The molecule has 2 rings (SSSR count). The quantitative estimate of drug-likeness (QED) is 0.628. The van der Waals surface area contributed by atoms with Crippen LogP contribution in [0, 0.1) is 5.92 Å². The van der Waals surface area contributed by atoms with E-state index in [-0.39, 0.29) is 5.92 Å². The zero-order chi connectivity index (χ0) is 15.5. The van der Waals surface area contributed by atoms with Crippen molar-refractivity contribution in [2.45, 2.75) is 19.6 Å². The van der Waals surface area contributed by atoms with Crippen molar-refractivity contribution in [3.63, 3.8) is 0 Å². The molecular formula is C19H22O3. The Morgan fingerprint density at radius 1 is 0.773 bits per heavy atom. The van der Waals surface area contributed by atoms with Crippen molar-refractivity contribution in [1.29, 1.82) is 0 Å². The van der Waals surface area contributed by atoms with Gasteiger partial charge in [-0.1, -0.05) is 60.7 Å². The fourth-order valence-corrected chi connectivity index (χ4v) is 2.16. The van der Waals surface area contributed by atoms with Crippen LogP contribution in [-0.2, 0) is 27.5 Å². The maximum Gasteiger partial charge on any atom is 0.120 e. The summed E-state index contributed by atoms with van der Waals surface area (Å²) in [4.78, 5) is 10.8. The smallest absolute Gasteiger partial charge is 0.120 e. The molecule has 0 heterocycles. The molecule has 0 aliphatic rings. The first-order valence-electron chi connectivity index (χ1n) is 7.55. The van der Waals surface area contributed by atoms with Crippen LogP contribution in [0.15, 0.2) is 60.7 Å². The van der Waals surface area contributed by atoms with Gasteiger partial charge >= 0.3 is 0 Å². The van der Waals surface area contributed by atoms with Crippen LogP contribution >= 0.6 is 0 Å².